The maximum absolute atomic E-state index is 12.9. The van der Waals surface area contributed by atoms with Gasteiger partial charge >= 0.3 is 11.9 Å². The minimum atomic E-state index is -4.41. The van der Waals surface area contributed by atoms with Gasteiger partial charge in [0.05, 0.1) is 27.8 Å². The Hall–Kier alpha value is -3.88. The highest BCUT2D eigenvalue weighted by molar-refractivity contribution is 5.80. The van der Waals surface area contributed by atoms with Gasteiger partial charge in [-0.2, -0.15) is 13.2 Å². The molecule has 3 aromatic heterocycles. The second-order valence-electron chi connectivity index (χ2n) is 6.50. The first-order valence-electron chi connectivity index (χ1n) is 8.64. The van der Waals surface area contributed by atoms with Crippen LogP contribution in [0.1, 0.15) is 5.56 Å². The molecule has 5 rings (SSSR count). The fourth-order valence-corrected chi connectivity index (χ4v) is 3.29. The fourth-order valence-electron chi connectivity index (χ4n) is 3.29. The van der Waals surface area contributed by atoms with E-state index >= 15 is 0 Å². The predicted octanol–water partition coefficient (Wildman–Crippen LogP) is 4.28. The summed E-state index contributed by atoms with van der Waals surface area (Å²) in [6, 6.07) is 13.9. The van der Waals surface area contributed by atoms with E-state index in [0.29, 0.717) is 39.3 Å². The normalized spacial score (nSPS) is 12.1. The van der Waals surface area contributed by atoms with Crippen LogP contribution in [-0.4, -0.2) is 24.5 Å². The molecule has 0 radical (unpaired) electrons. The predicted molar refractivity (Wildman–Crippen MR) is 102 cm³/mol. The number of halogens is 3. The molecule has 0 saturated heterocycles. The molecule has 29 heavy (non-hydrogen) atoms. The number of rotatable bonds is 2. The summed E-state index contributed by atoms with van der Waals surface area (Å²) < 4.78 is 40.2. The Morgan fingerprint density at radius 3 is 2.52 bits per heavy atom. The largest absolute Gasteiger partial charge is 0.416 e. The van der Waals surface area contributed by atoms with Crippen LogP contribution in [0.5, 0.6) is 0 Å². The number of imidazole rings is 2. The molecule has 0 atom stereocenters. The highest BCUT2D eigenvalue weighted by Crippen LogP contribution is 2.31. The Morgan fingerprint density at radius 1 is 0.966 bits per heavy atom. The number of pyridine rings is 1. The van der Waals surface area contributed by atoms with Gasteiger partial charge in [0.1, 0.15) is 5.82 Å². The maximum atomic E-state index is 12.9. The minimum absolute atomic E-state index is 0.304. The molecule has 9 heteroatoms. The van der Waals surface area contributed by atoms with Gasteiger partial charge in [0, 0.05) is 11.8 Å². The molecule has 0 unspecified atom stereocenters. The van der Waals surface area contributed by atoms with Crippen LogP contribution in [0.3, 0.4) is 0 Å². The van der Waals surface area contributed by atoms with Crippen molar-refractivity contribution < 1.29 is 13.2 Å². The lowest BCUT2D eigenvalue weighted by molar-refractivity contribution is -0.137. The van der Waals surface area contributed by atoms with Gasteiger partial charge in [-0.3, -0.25) is 9.55 Å². The van der Waals surface area contributed by atoms with Crippen molar-refractivity contribution >= 4 is 22.2 Å². The monoisotopic (exact) mass is 395 g/mol. The molecule has 3 heterocycles. The Bertz CT molecular complexity index is 1410. The van der Waals surface area contributed by atoms with Crippen LogP contribution in [0.25, 0.3) is 39.3 Å². The molecule has 6 nitrogen and oxygen atoms in total. The van der Waals surface area contributed by atoms with Crippen LogP contribution in [0, 0.1) is 0 Å². The van der Waals surface area contributed by atoms with E-state index in [1.54, 1.807) is 42.6 Å². The first-order chi connectivity index (χ1) is 13.9. The van der Waals surface area contributed by atoms with Crippen LogP contribution in [-0.2, 0) is 6.18 Å². The lowest BCUT2D eigenvalue weighted by Gasteiger charge is -2.05. The van der Waals surface area contributed by atoms with Crippen molar-refractivity contribution in [3.8, 4) is 17.1 Å². The number of hydrogen-bond donors (Lipinski definition) is 2. The van der Waals surface area contributed by atoms with Crippen molar-refractivity contribution in [3.63, 3.8) is 0 Å². The zero-order chi connectivity index (χ0) is 20.2. The highest BCUT2D eigenvalue weighted by Gasteiger charge is 2.30. The highest BCUT2D eigenvalue weighted by atomic mass is 19.4. The van der Waals surface area contributed by atoms with E-state index in [1.807, 2.05) is 0 Å². The van der Waals surface area contributed by atoms with Gasteiger partial charge < -0.3 is 4.98 Å². The van der Waals surface area contributed by atoms with Crippen molar-refractivity contribution in [3.05, 3.63) is 76.8 Å². The molecule has 144 valence electrons. The topological polar surface area (TPSA) is 79.4 Å². The second-order valence-corrected chi connectivity index (χ2v) is 6.50. The van der Waals surface area contributed by atoms with Gasteiger partial charge in [-0.25, -0.2) is 14.8 Å². The standard InChI is InChI=1S/C20H12F3N5O/c21-20(22,23)12-5-8-14-15(10-12)26-17(25-14)11-3-6-13(7-4-11)28-16-2-1-9-24-18(16)27-19(28)29/h1-10H,(H,25,26)(H,24,27,29). The summed E-state index contributed by atoms with van der Waals surface area (Å²) in [4.78, 5) is 26.4. The summed E-state index contributed by atoms with van der Waals surface area (Å²) >= 11 is 0. The maximum Gasteiger partial charge on any atom is 0.416 e. The number of hydrogen-bond acceptors (Lipinski definition) is 3. The Kier molecular flexibility index (Phi) is 3.60. The first-order valence-corrected chi connectivity index (χ1v) is 8.64. The molecule has 0 fully saturated rings. The number of benzene rings is 2. The average Bonchev–Trinajstić information content (AvgIpc) is 3.27. The molecule has 0 amide bonds. The molecular weight excluding hydrogens is 383 g/mol. The molecule has 2 aromatic carbocycles. The third-order valence-electron chi connectivity index (χ3n) is 4.66. The minimum Gasteiger partial charge on any atom is -0.338 e. The molecule has 0 aliphatic carbocycles. The number of aromatic nitrogens is 5. The van der Waals surface area contributed by atoms with Crippen LogP contribution >= 0.6 is 0 Å². The van der Waals surface area contributed by atoms with E-state index < -0.39 is 11.7 Å². The quantitative estimate of drug-likeness (QED) is 0.468. The van der Waals surface area contributed by atoms with E-state index in [0.717, 1.165) is 12.1 Å². The Labute approximate surface area is 160 Å². The smallest absolute Gasteiger partial charge is 0.338 e. The van der Waals surface area contributed by atoms with Crippen molar-refractivity contribution in [2.24, 2.45) is 0 Å². The summed E-state index contributed by atoms with van der Waals surface area (Å²) in [6.07, 6.45) is -2.82. The van der Waals surface area contributed by atoms with Crippen LogP contribution in [0.2, 0.25) is 0 Å². The number of nitrogens with one attached hydrogen (secondary N) is 2. The lowest BCUT2D eigenvalue weighted by atomic mass is 10.2. The number of fused-ring (bicyclic) bond motifs is 2. The van der Waals surface area contributed by atoms with E-state index in [4.69, 9.17) is 0 Å². The van der Waals surface area contributed by atoms with Crippen LogP contribution in [0.15, 0.2) is 65.6 Å². The summed E-state index contributed by atoms with van der Waals surface area (Å²) in [6.45, 7) is 0. The number of aromatic amines is 2. The fraction of sp³-hybridized carbons (Fsp3) is 0.0500. The first kappa shape index (κ1) is 17.2. The van der Waals surface area contributed by atoms with Crippen molar-refractivity contribution in [2.75, 3.05) is 0 Å². The van der Waals surface area contributed by atoms with E-state index in [9.17, 15) is 18.0 Å². The van der Waals surface area contributed by atoms with Gasteiger partial charge in [-0.1, -0.05) is 0 Å². The van der Waals surface area contributed by atoms with Gasteiger partial charge in [0.2, 0.25) is 0 Å². The average molecular weight is 395 g/mol. The zero-order valence-electron chi connectivity index (χ0n) is 14.7. The molecule has 2 N–H and O–H groups in total. The van der Waals surface area contributed by atoms with Crippen molar-refractivity contribution in [1.29, 1.82) is 0 Å². The van der Waals surface area contributed by atoms with Gasteiger partial charge in [-0.15, -0.1) is 0 Å². The summed E-state index contributed by atoms with van der Waals surface area (Å²) in [7, 11) is 0. The van der Waals surface area contributed by atoms with E-state index in [2.05, 4.69) is 19.9 Å². The summed E-state index contributed by atoms with van der Waals surface area (Å²) in [5.41, 5.74) is 2.15. The number of H-pyrrole nitrogens is 2. The molecule has 0 saturated carbocycles. The van der Waals surface area contributed by atoms with Crippen molar-refractivity contribution in [2.45, 2.75) is 6.18 Å². The molecule has 0 spiro atoms. The second kappa shape index (κ2) is 6.06. The van der Waals surface area contributed by atoms with Crippen LogP contribution in [0.4, 0.5) is 13.2 Å². The molecule has 0 bridgehead atoms. The zero-order valence-corrected chi connectivity index (χ0v) is 14.7. The number of alkyl halides is 3. The third-order valence-corrected chi connectivity index (χ3v) is 4.66. The molecule has 5 aromatic rings. The molecular formula is C20H12F3N5O. The lowest BCUT2D eigenvalue weighted by Crippen LogP contribution is -2.14. The van der Waals surface area contributed by atoms with E-state index in [-0.39, 0.29) is 5.69 Å². The van der Waals surface area contributed by atoms with E-state index in [1.165, 1.54) is 10.6 Å². The summed E-state index contributed by atoms with van der Waals surface area (Å²) in [5.74, 6) is 0.443. The Balaban J connectivity index is 1.55. The summed E-state index contributed by atoms with van der Waals surface area (Å²) in [5, 5.41) is 0. The number of nitrogens with zero attached hydrogens (tertiary/aromatic N) is 3. The third kappa shape index (κ3) is 2.87. The van der Waals surface area contributed by atoms with Crippen LogP contribution < -0.4 is 5.69 Å². The van der Waals surface area contributed by atoms with Gasteiger partial charge in [0.15, 0.2) is 5.65 Å². The SMILES string of the molecule is O=c1[nH]c2ncccc2n1-c1ccc(-c2nc3ccc(C(F)(F)F)cc3[nH]2)cc1. The molecule has 0 aliphatic rings. The van der Waals surface area contributed by atoms with Gasteiger partial charge in [-0.05, 0) is 54.6 Å². The van der Waals surface area contributed by atoms with Crippen molar-refractivity contribution in [1.82, 2.24) is 24.5 Å². The molecule has 0 aliphatic heterocycles. The Morgan fingerprint density at radius 2 is 1.76 bits per heavy atom. The van der Waals surface area contributed by atoms with Gasteiger partial charge in [0.25, 0.3) is 0 Å².